The molecule has 1 aliphatic carbocycles. The van der Waals surface area contributed by atoms with Crippen LogP contribution in [-0.2, 0) is 6.54 Å². The summed E-state index contributed by atoms with van der Waals surface area (Å²) < 4.78 is 5.15. The molecule has 0 aromatic heterocycles. The third-order valence-corrected chi connectivity index (χ3v) is 3.91. The van der Waals surface area contributed by atoms with Crippen LogP contribution in [0.4, 0.5) is 0 Å². The largest absolute Gasteiger partial charge is 0.508 e. The molecular weight excluding hydrogens is 393 g/mol. The highest BCUT2D eigenvalue weighted by Gasteiger charge is 2.12. The van der Waals surface area contributed by atoms with Gasteiger partial charge in [0.15, 0.2) is 5.96 Å². The first-order valence-corrected chi connectivity index (χ1v) is 7.61. The number of hydrogen-bond acceptors (Lipinski definition) is 3. The SMILES string of the molecule is COc1ccc(O)c(CN=C(N)NC2CCCCCC2)c1.I. The number of benzene rings is 1. The van der Waals surface area contributed by atoms with Gasteiger partial charge in [0.05, 0.1) is 13.7 Å². The van der Waals surface area contributed by atoms with Crippen molar-refractivity contribution in [1.29, 1.82) is 0 Å². The van der Waals surface area contributed by atoms with Crippen LogP contribution in [0.25, 0.3) is 0 Å². The van der Waals surface area contributed by atoms with E-state index in [1.807, 2.05) is 0 Å². The van der Waals surface area contributed by atoms with Gasteiger partial charge < -0.3 is 20.9 Å². The van der Waals surface area contributed by atoms with Crippen molar-refractivity contribution < 1.29 is 9.84 Å². The Bertz CT molecular complexity index is 486. The second-order valence-electron chi connectivity index (χ2n) is 5.53. The second-order valence-corrected chi connectivity index (χ2v) is 5.53. The van der Waals surface area contributed by atoms with E-state index in [0.29, 0.717) is 29.9 Å². The Balaban J connectivity index is 0.00000242. The number of nitrogens with two attached hydrogens (primary N) is 1. The molecule has 0 heterocycles. The maximum absolute atomic E-state index is 9.82. The Labute approximate surface area is 149 Å². The zero-order valence-corrected chi connectivity index (χ0v) is 15.4. The first-order chi connectivity index (χ1) is 10.2. The lowest BCUT2D eigenvalue weighted by Gasteiger charge is -2.16. The predicted molar refractivity (Wildman–Crippen MR) is 100 cm³/mol. The van der Waals surface area contributed by atoms with Gasteiger partial charge in [-0.3, -0.25) is 0 Å². The van der Waals surface area contributed by atoms with Crippen molar-refractivity contribution in [3.05, 3.63) is 23.8 Å². The lowest BCUT2D eigenvalue weighted by Crippen LogP contribution is -2.39. The number of guanidine groups is 1. The number of methoxy groups -OCH3 is 1. The van der Waals surface area contributed by atoms with Gasteiger partial charge in [0.2, 0.25) is 0 Å². The number of nitrogens with one attached hydrogen (secondary N) is 1. The van der Waals surface area contributed by atoms with Crippen LogP contribution < -0.4 is 15.8 Å². The molecular formula is C16H26IN3O2. The highest BCUT2D eigenvalue weighted by molar-refractivity contribution is 14.0. The van der Waals surface area contributed by atoms with Crippen molar-refractivity contribution in [2.24, 2.45) is 10.7 Å². The lowest BCUT2D eigenvalue weighted by atomic mass is 10.1. The van der Waals surface area contributed by atoms with E-state index < -0.39 is 0 Å². The highest BCUT2D eigenvalue weighted by Crippen LogP contribution is 2.23. The van der Waals surface area contributed by atoms with Crippen LogP contribution in [0.2, 0.25) is 0 Å². The quantitative estimate of drug-likeness (QED) is 0.303. The fourth-order valence-electron chi connectivity index (χ4n) is 2.66. The molecule has 0 unspecified atom stereocenters. The number of phenolic OH excluding ortho intramolecular Hbond substituents is 1. The zero-order valence-electron chi connectivity index (χ0n) is 13.0. The summed E-state index contributed by atoms with van der Waals surface area (Å²) in [5, 5.41) is 13.1. The Morgan fingerprint density at radius 3 is 2.64 bits per heavy atom. The average Bonchev–Trinajstić information content (AvgIpc) is 2.75. The van der Waals surface area contributed by atoms with Crippen LogP contribution in [0.1, 0.15) is 44.1 Å². The number of phenols is 1. The van der Waals surface area contributed by atoms with E-state index in [0.717, 1.165) is 12.8 Å². The summed E-state index contributed by atoms with van der Waals surface area (Å²) in [6.07, 6.45) is 7.43. The maximum Gasteiger partial charge on any atom is 0.189 e. The molecule has 2 rings (SSSR count). The monoisotopic (exact) mass is 419 g/mol. The van der Waals surface area contributed by atoms with Crippen LogP contribution in [0.3, 0.4) is 0 Å². The standard InChI is InChI=1S/C16H25N3O2.HI/c1-21-14-8-9-15(20)12(10-14)11-18-16(17)19-13-6-4-2-3-5-7-13;/h8-10,13,20H,2-7,11H2,1H3,(H3,17,18,19);1H. The summed E-state index contributed by atoms with van der Waals surface area (Å²) in [6, 6.07) is 5.53. The molecule has 1 fully saturated rings. The van der Waals surface area contributed by atoms with Crippen molar-refractivity contribution in [3.63, 3.8) is 0 Å². The van der Waals surface area contributed by atoms with E-state index >= 15 is 0 Å². The molecule has 0 aliphatic heterocycles. The Morgan fingerprint density at radius 1 is 1.32 bits per heavy atom. The zero-order chi connectivity index (χ0) is 15.1. The summed E-state index contributed by atoms with van der Waals surface area (Å²) in [5.74, 6) is 1.36. The highest BCUT2D eigenvalue weighted by atomic mass is 127. The Hall–Kier alpha value is -1.18. The minimum absolute atomic E-state index is 0. The fourth-order valence-corrected chi connectivity index (χ4v) is 2.66. The number of rotatable bonds is 4. The van der Waals surface area contributed by atoms with Gasteiger partial charge in [0.25, 0.3) is 0 Å². The maximum atomic E-state index is 9.82. The van der Waals surface area contributed by atoms with E-state index in [9.17, 15) is 5.11 Å². The molecule has 5 nitrogen and oxygen atoms in total. The van der Waals surface area contributed by atoms with Gasteiger partial charge in [-0.1, -0.05) is 25.7 Å². The van der Waals surface area contributed by atoms with Crippen molar-refractivity contribution in [2.45, 2.75) is 51.1 Å². The first-order valence-electron chi connectivity index (χ1n) is 7.61. The Kier molecular flexibility index (Phi) is 8.37. The molecule has 0 saturated heterocycles. The summed E-state index contributed by atoms with van der Waals surface area (Å²) >= 11 is 0. The smallest absolute Gasteiger partial charge is 0.189 e. The van der Waals surface area contributed by atoms with Gasteiger partial charge in [0, 0.05) is 11.6 Å². The van der Waals surface area contributed by atoms with Crippen molar-refractivity contribution in [3.8, 4) is 11.5 Å². The number of aromatic hydroxyl groups is 1. The molecule has 0 radical (unpaired) electrons. The van der Waals surface area contributed by atoms with Crippen LogP contribution in [0.5, 0.6) is 11.5 Å². The molecule has 0 spiro atoms. The average molecular weight is 419 g/mol. The summed E-state index contributed by atoms with van der Waals surface area (Å²) in [7, 11) is 1.60. The van der Waals surface area contributed by atoms with E-state index in [4.69, 9.17) is 10.5 Å². The van der Waals surface area contributed by atoms with Gasteiger partial charge in [-0.2, -0.15) is 0 Å². The molecule has 1 saturated carbocycles. The van der Waals surface area contributed by atoms with Gasteiger partial charge in [0.1, 0.15) is 11.5 Å². The van der Waals surface area contributed by atoms with Crippen LogP contribution in [-0.4, -0.2) is 24.2 Å². The Morgan fingerprint density at radius 2 is 2.00 bits per heavy atom. The molecule has 0 amide bonds. The lowest BCUT2D eigenvalue weighted by molar-refractivity contribution is 0.411. The molecule has 22 heavy (non-hydrogen) atoms. The number of halogens is 1. The summed E-state index contributed by atoms with van der Waals surface area (Å²) in [6.45, 7) is 0.342. The minimum atomic E-state index is 0. The molecule has 0 bridgehead atoms. The molecule has 1 aliphatic rings. The first kappa shape index (κ1) is 18.9. The normalized spacial score (nSPS) is 16.5. The topological polar surface area (TPSA) is 79.9 Å². The van der Waals surface area contributed by atoms with Crippen molar-refractivity contribution in [2.75, 3.05) is 7.11 Å². The molecule has 1 aromatic rings. The molecule has 4 N–H and O–H groups in total. The van der Waals surface area contributed by atoms with Crippen LogP contribution in [0.15, 0.2) is 23.2 Å². The third kappa shape index (κ3) is 5.90. The van der Waals surface area contributed by atoms with Gasteiger partial charge in [-0.25, -0.2) is 4.99 Å². The molecule has 6 heteroatoms. The molecule has 124 valence electrons. The van der Waals surface area contributed by atoms with Crippen molar-refractivity contribution >= 4 is 29.9 Å². The summed E-state index contributed by atoms with van der Waals surface area (Å²) in [4.78, 5) is 4.32. The van der Waals surface area contributed by atoms with Crippen LogP contribution in [0, 0.1) is 0 Å². The second kappa shape index (κ2) is 9.76. The summed E-state index contributed by atoms with van der Waals surface area (Å²) in [5.41, 5.74) is 6.66. The van der Waals surface area contributed by atoms with Gasteiger partial charge in [-0.05, 0) is 31.0 Å². The number of ether oxygens (including phenoxy) is 1. The minimum Gasteiger partial charge on any atom is -0.508 e. The number of nitrogens with zero attached hydrogens (tertiary/aromatic N) is 1. The molecule has 0 atom stereocenters. The van der Waals surface area contributed by atoms with E-state index in [2.05, 4.69) is 10.3 Å². The van der Waals surface area contributed by atoms with Crippen LogP contribution >= 0.6 is 24.0 Å². The van der Waals surface area contributed by atoms with Gasteiger partial charge >= 0.3 is 0 Å². The predicted octanol–water partition coefficient (Wildman–Crippen LogP) is 3.15. The molecule has 1 aromatic carbocycles. The third-order valence-electron chi connectivity index (χ3n) is 3.91. The van der Waals surface area contributed by atoms with E-state index in [-0.39, 0.29) is 29.7 Å². The number of hydrogen-bond donors (Lipinski definition) is 3. The fraction of sp³-hybridized carbons (Fsp3) is 0.562. The van der Waals surface area contributed by atoms with Crippen molar-refractivity contribution in [1.82, 2.24) is 5.32 Å². The van der Waals surface area contributed by atoms with E-state index in [1.54, 1.807) is 25.3 Å². The van der Waals surface area contributed by atoms with Gasteiger partial charge in [-0.15, -0.1) is 24.0 Å². The number of aliphatic imine (C=N–C) groups is 1. The van der Waals surface area contributed by atoms with E-state index in [1.165, 1.54) is 25.7 Å².